The third-order valence-electron chi connectivity index (χ3n) is 2.67. The van der Waals surface area contributed by atoms with Crippen LogP contribution in [0.2, 0.25) is 0 Å². The fourth-order valence-corrected chi connectivity index (χ4v) is 2.29. The average molecular weight is 317 g/mol. The van der Waals surface area contributed by atoms with E-state index in [2.05, 4.69) is 39.5 Å². The van der Waals surface area contributed by atoms with E-state index in [1.165, 1.54) is 25.0 Å². The molecule has 1 aliphatic carbocycles. The summed E-state index contributed by atoms with van der Waals surface area (Å²) in [6.07, 6.45) is 5.80. The van der Waals surface area contributed by atoms with Crippen LogP contribution < -0.4 is 5.73 Å². The zero-order valence-electron chi connectivity index (χ0n) is 8.96. The lowest BCUT2D eigenvalue weighted by Crippen LogP contribution is -2.06. The predicted octanol–water partition coefficient (Wildman–Crippen LogP) is 2.88. The van der Waals surface area contributed by atoms with E-state index in [0.29, 0.717) is 11.7 Å². The average Bonchev–Trinajstić information content (AvgIpc) is 3.03. The Hall–Kier alpha value is -0.390. The molecule has 15 heavy (non-hydrogen) atoms. The molecule has 0 spiro atoms. The molecule has 2 N–H and O–H groups in total. The van der Waals surface area contributed by atoms with Gasteiger partial charge in [-0.05, 0) is 41.9 Å². The molecule has 0 radical (unpaired) electrons. The summed E-state index contributed by atoms with van der Waals surface area (Å²) in [4.78, 5) is 8.97. The van der Waals surface area contributed by atoms with Crippen molar-refractivity contribution < 1.29 is 0 Å². The number of rotatable bonds is 4. The normalized spacial score (nSPS) is 15.6. The summed E-state index contributed by atoms with van der Waals surface area (Å²) in [6.45, 7) is 2.18. The monoisotopic (exact) mass is 317 g/mol. The second-order valence-electron chi connectivity index (χ2n) is 4.10. The molecule has 0 saturated heterocycles. The first-order chi connectivity index (χ1) is 7.22. The minimum absolute atomic E-state index is 0.655. The topological polar surface area (TPSA) is 51.8 Å². The maximum atomic E-state index is 5.90. The molecule has 1 fully saturated rings. The highest BCUT2D eigenvalue weighted by Gasteiger charge is 2.28. The Morgan fingerprint density at radius 1 is 1.40 bits per heavy atom. The van der Waals surface area contributed by atoms with E-state index in [9.17, 15) is 0 Å². The van der Waals surface area contributed by atoms with E-state index in [-0.39, 0.29) is 0 Å². The fraction of sp³-hybridized carbons (Fsp3) is 0.636. The standard InChI is InChI=1S/C11H16IN3/c1-2-3-4-8-14-10(7-5-6-7)9(12)11(13)15-8/h7H,2-6H2,1H3,(H2,13,14,15). The number of nitrogens with two attached hydrogens (primary N) is 1. The number of unbranched alkanes of at least 4 members (excludes halogenated alkanes) is 1. The lowest BCUT2D eigenvalue weighted by Gasteiger charge is -2.07. The van der Waals surface area contributed by atoms with Gasteiger partial charge in [-0.25, -0.2) is 9.97 Å². The van der Waals surface area contributed by atoms with Crippen LogP contribution in [0.15, 0.2) is 0 Å². The van der Waals surface area contributed by atoms with Crippen molar-refractivity contribution in [1.82, 2.24) is 9.97 Å². The first kappa shape index (κ1) is 11.1. The van der Waals surface area contributed by atoms with E-state index in [1.54, 1.807) is 0 Å². The lowest BCUT2D eigenvalue weighted by atomic mass is 10.2. The van der Waals surface area contributed by atoms with Crippen molar-refractivity contribution in [3.05, 3.63) is 15.1 Å². The number of aryl methyl sites for hydroxylation is 1. The van der Waals surface area contributed by atoms with Gasteiger partial charge in [0, 0.05) is 12.3 Å². The Bertz CT molecular complexity index is 361. The first-order valence-electron chi connectivity index (χ1n) is 5.54. The summed E-state index contributed by atoms with van der Waals surface area (Å²) in [7, 11) is 0. The zero-order chi connectivity index (χ0) is 10.8. The molecular formula is C11H16IN3. The molecule has 0 unspecified atom stereocenters. The van der Waals surface area contributed by atoms with Crippen molar-refractivity contribution in [3.63, 3.8) is 0 Å². The number of nitrogen functional groups attached to an aromatic ring is 1. The minimum Gasteiger partial charge on any atom is -0.383 e. The van der Waals surface area contributed by atoms with Gasteiger partial charge in [0.1, 0.15) is 11.6 Å². The van der Waals surface area contributed by atoms with Crippen LogP contribution in [0.25, 0.3) is 0 Å². The molecule has 0 aliphatic heterocycles. The molecule has 4 heteroatoms. The first-order valence-corrected chi connectivity index (χ1v) is 6.62. The molecular weight excluding hydrogens is 301 g/mol. The van der Waals surface area contributed by atoms with Gasteiger partial charge in [-0.1, -0.05) is 13.3 Å². The Morgan fingerprint density at radius 2 is 2.13 bits per heavy atom. The van der Waals surface area contributed by atoms with Gasteiger partial charge in [0.15, 0.2) is 0 Å². The fourth-order valence-electron chi connectivity index (χ4n) is 1.61. The molecule has 0 aromatic carbocycles. The second kappa shape index (κ2) is 4.63. The minimum atomic E-state index is 0.655. The van der Waals surface area contributed by atoms with Crippen molar-refractivity contribution in [2.75, 3.05) is 5.73 Å². The van der Waals surface area contributed by atoms with Crippen LogP contribution in [0.1, 0.15) is 50.0 Å². The van der Waals surface area contributed by atoms with E-state index < -0.39 is 0 Å². The highest BCUT2D eigenvalue weighted by molar-refractivity contribution is 14.1. The molecule has 1 aliphatic rings. The molecule has 1 aromatic heterocycles. The maximum absolute atomic E-state index is 5.90. The predicted molar refractivity (Wildman–Crippen MR) is 69.7 cm³/mol. The van der Waals surface area contributed by atoms with Crippen molar-refractivity contribution >= 4 is 28.4 Å². The molecule has 82 valence electrons. The Labute approximate surface area is 104 Å². The Kier molecular flexibility index (Phi) is 3.43. The molecule has 0 bridgehead atoms. The van der Waals surface area contributed by atoms with Crippen LogP contribution >= 0.6 is 22.6 Å². The Balaban J connectivity index is 2.24. The van der Waals surface area contributed by atoms with Crippen molar-refractivity contribution in [2.45, 2.75) is 44.9 Å². The van der Waals surface area contributed by atoms with Crippen LogP contribution in [-0.4, -0.2) is 9.97 Å². The summed E-state index contributed by atoms with van der Waals surface area (Å²) in [6, 6.07) is 0. The van der Waals surface area contributed by atoms with Crippen LogP contribution in [0.4, 0.5) is 5.82 Å². The zero-order valence-corrected chi connectivity index (χ0v) is 11.1. The highest BCUT2D eigenvalue weighted by Crippen LogP contribution is 2.41. The van der Waals surface area contributed by atoms with Crippen LogP contribution in [0, 0.1) is 3.57 Å². The molecule has 1 aromatic rings. The van der Waals surface area contributed by atoms with Gasteiger partial charge < -0.3 is 5.73 Å². The third-order valence-corrected chi connectivity index (χ3v) is 3.77. The number of hydrogen-bond donors (Lipinski definition) is 1. The summed E-state index contributed by atoms with van der Waals surface area (Å²) in [5, 5.41) is 0. The molecule has 0 atom stereocenters. The third kappa shape index (κ3) is 2.59. The van der Waals surface area contributed by atoms with Crippen LogP contribution in [0.3, 0.4) is 0 Å². The smallest absolute Gasteiger partial charge is 0.140 e. The van der Waals surface area contributed by atoms with Gasteiger partial charge >= 0.3 is 0 Å². The number of hydrogen-bond acceptors (Lipinski definition) is 3. The van der Waals surface area contributed by atoms with Gasteiger partial charge in [-0.3, -0.25) is 0 Å². The second-order valence-corrected chi connectivity index (χ2v) is 5.18. The lowest BCUT2D eigenvalue weighted by molar-refractivity contribution is 0.742. The van der Waals surface area contributed by atoms with E-state index in [1.807, 2.05) is 0 Å². The quantitative estimate of drug-likeness (QED) is 0.869. The van der Waals surface area contributed by atoms with Gasteiger partial charge in [0.2, 0.25) is 0 Å². The van der Waals surface area contributed by atoms with Gasteiger partial charge in [-0.2, -0.15) is 0 Å². The number of halogens is 1. The van der Waals surface area contributed by atoms with Gasteiger partial charge in [0.05, 0.1) is 9.26 Å². The number of aromatic nitrogens is 2. The van der Waals surface area contributed by atoms with Gasteiger partial charge in [0.25, 0.3) is 0 Å². The maximum Gasteiger partial charge on any atom is 0.140 e. The van der Waals surface area contributed by atoms with Gasteiger partial charge in [-0.15, -0.1) is 0 Å². The molecule has 1 heterocycles. The summed E-state index contributed by atoms with van der Waals surface area (Å²) in [5.41, 5.74) is 7.09. The largest absolute Gasteiger partial charge is 0.383 e. The summed E-state index contributed by atoms with van der Waals surface area (Å²) < 4.78 is 1.07. The molecule has 1 saturated carbocycles. The van der Waals surface area contributed by atoms with Crippen LogP contribution in [-0.2, 0) is 6.42 Å². The molecule has 0 amide bonds. The molecule has 3 nitrogen and oxygen atoms in total. The van der Waals surface area contributed by atoms with E-state index >= 15 is 0 Å². The summed E-state index contributed by atoms with van der Waals surface area (Å²) >= 11 is 2.26. The summed E-state index contributed by atoms with van der Waals surface area (Å²) in [5.74, 6) is 2.25. The highest BCUT2D eigenvalue weighted by atomic mass is 127. The van der Waals surface area contributed by atoms with E-state index in [0.717, 1.165) is 22.2 Å². The number of anilines is 1. The van der Waals surface area contributed by atoms with Crippen molar-refractivity contribution in [3.8, 4) is 0 Å². The molecule has 2 rings (SSSR count). The van der Waals surface area contributed by atoms with E-state index in [4.69, 9.17) is 5.73 Å². The number of nitrogens with zero attached hydrogens (tertiary/aromatic N) is 2. The SMILES string of the molecule is CCCCc1nc(N)c(I)c(C2CC2)n1. The van der Waals surface area contributed by atoms with Crippen molar-refractivity contribution in [2.24, 2.45) is 0 Å². The Morgan fingerprint density at radius 3 is 2.73 bits per heavy atom. The van der Waals surface area contributed by atoms with Crippen molar-refractivity contribution in [1.29, 1.82) is 0 Å². The van der Waals surface area contributed by atoms with Crippen LogP contribution in [0.5, 0.6) is 0 Å².